The zero-order valence-corrected chi connectivity index (χ0v) is 16.3. The third-order valence-corrected chi connectivity index (χ3v) is 5.39. The van der Waals surface area contributed by atoms with Crippen molar-refractivity contribution in [2.75, 3.05) is 32.2 Å². The smallest absolute Gasteiger partial charge is 0.161 e. The maximum Gasteiger partial charge on any atom is 0.161 e. The van der Waals surface area contributed by atoms with Crippen LogP contribution in [0.4, 0.5) is 5.82 Å². The summed E-state index contributed by atoms with van der Waals surface area (Å²) in [6.07, 6.45) is 5.91. The fraction of sp³-hybridized carbons (Fsp3) is 0.304. The highest BCUT2D eigenvalue weighted by Gasteiger charge is 2.22. The van der Waals surface area contributed by atoms with E-state index in [4.69, 9.17) is 14.5 Å². The van der Waals surface area contributed by atoms with E-state index < -0.39 is 0 Å². The summed E-state index contributed by atoms with van der Waals surface area (Å²) in [6.45, 7) is 1.98. The molecule has 4 rings (SSSR count). The van der Waals surface area contributed by atoms with Crippen molar-refractivity contribution < 1.29 is 9.47 Å². The quantitative estimate of drug-likeness (QED) is 0.655. The van der Waals surface area contributed by atoms with Crippen LogP contribution in [-0.2, 0) is 0 Å². The fourth-order valence-electron chi connectivity index (χ4n) is 3.81. The Morgan fingerprint density at radius 2 is 1.64 bits per heavy atom. The van der Waals surface area contributed by atoms with Crippen molar-refractivity contribution >= 4 is 5.82 Å². The lowest BCUT2D eigenvalue weighted by Crippen LogP contribution is -2.33. The Balaban J connectivity index is 1.50. The number of hydrogen-bond acceptors (Lipinski definition) is 5. The molecule has 1 saturated heterocycles. The summed E-state index contributed by atoms with van der Waals surface area (Å²) < 4.78 is 10.7. The number of aromatic nitrogens is 2. The number of hydrogen-bond donors (Lipinski definition) is 0. The average Bonchev–Trinajstić information content (AvgIpc) is 2.79. The predicted octanol–water partition coefficient (Wildman–Crippen LogP) is 4.54. The van der Waals surface area contributed by atoms with Gasteiger partial charge in [0.2, 0.25) is 0 Å². The van der Waals surface area contributed by atoms with Crippen LogP contribution in [0.3, 0.4) is 0 Å². The summed E-state index contributed by atoms with van der Waals surface area (Å²) in [6, 6.07) is 16.6. The highest BCUT2D eigenvalue weighted by atomic mass is 16.5. The Morgan fingerprint density at radius 1 is 0.893 bits per heavy atom. The zero-order valence-electron chi connectivity index (χ0n) is 16.3. The zero-order chi connectivity index (χ0) is 19.3. The molecule has 5 heteroatoms. The second kappa shape index (κ2) is 8.30. The third-order valence-electron chi connectivity index (χ3n) is 5.39. The normalized spacial score (nSPS) is 14.7. The van der Waals surface area contributed by atoms with Gasteiger partial charge in [0, 0.05) is 18.7 Å². The molecule has 5 nitrogen and oxygen atoms in total. The van der Waals surface area contributed by atoms with Gasteiger partial charge in [0.05, 0.1) is 32.3 Å². The lowest BCUT2D eigenvalue weighted by atomic mass is 9.89. The van der Waals surface area contributed by atoms with E-state index >= 15 is 0 Å². The number of rotatable bonds is 5. The van der Waals surface area contributed by atoms with E-state index in [9.17, 15) is 0 Å². The van der Waals surface area contributed by atoms with Gasteiger partial charge in [-0.15, -0.1) is 0 Å². The molecule has 1 aliphatic heterocycles. The molecular weight excluding hydrogens is 350 g/mol. The minimum absolute atomic E-state index is 0.624. The largest absolute Gasteiger partial charge is 0.493 e. The maximum absolute atomic E-state index is 5.42. The van der Waals surface area contributed by atoms with E-state index in [2.05, 4.69) is 40.2 Å². The van der Waals surface area contributed by atoms with Gasteiger partial charge in [-0.3, -0.25) is 4.98 Å². The van der Waals surface area contributed by atoms with E-state index in [0.29, 0.717) is 17.4 Å². The molecule has 144 valence electrons. The molecule has 1 aliphatic rings. The Hall–Kier alpha value is -3.08. The molecule has 0 saturated carbocycles. The van der Waals surface area contributed by atoms with Crippen molar-refractivity contribution in [1.82, 2.24) is 9.97 Å². The van der Waals surface area contributed by atoms with Crippen molar-refractivity contribution in [2.45, 2.75) is 18.8 Å². The van der Waals surface area contributed by atoms with Gasteiger partial charge in [0.1, 0.15) is 5.82 Å². The van der Waals surface area contributed by atoms with Crippen LogP contribution in [0.25, 0.3) is 11.3 Å². The monoisotopic (exact) mass is 375 g/mol. The van der Waals surface area contributed by atoms with Gasteiger partial charge in [0.15, 0.2) is 11.5 Å². The number of nitrogens with zero attached hydrogens (tertiary/aromatic N) is 3. The molecule has 1 aromatic heterocycles. The number of ether oxygens (including phenoxy) is 2. The van der Waals surface area contributed by atoms with Crippen LogP contribution in [0.15, 0.2) is 60.9 Å². The second-order valence-corrected chi connectivity index (χ2v) is 7.00. The molecule has 2 heterocycles. The van der Waals surface area contributed by atoms with Crippen LogP contribution in [0.1, 0.15) is 24.3 Å². The van der Waals surface area contributed by atoms with Crippen LogP contribution < -0.4 is 14.4 Å². The first-order chi connectivity index (χ1) is 13.8. The summed E-state index contributed by atoms with van der Waals surface area (Å²) >= 11 is 0. The van der Waals surface area contributed by atoms with Crippen LogP contribution in [-0.4, -0.2) is 37.3 Å². The summed E-state index contributed by atoms with van der Waals surface area (Å²) in [5.41, 5.74) is 3.24. The minimum Gasteiger partial charge on any atom is -0.493 e. The van der Waals surface area contributed by atoms with Gasteiger partial charge in [-0.25, -0.2) is 4.98 Å². The topological polar surface area (TPSA) is 47.5 Å². The van der Waals surface area contributed by atoms with Gasteiger partial charge in [-0.2, -0.15) is 0 Å². The molecule has 0 radical (unpaired) electrons. The lowest BCUT2D eigenvalue weighted by Gasteiger charge is -2.33. The van der Waals surface area contributed by atoms with Crippen molar-refractivity contribution in [3.8, 4) is 22.8 Å². The Morgan fingerprint density at radius 3 is 2.36 bits per heavy atom. The van der Waals surface area contributed by atoms with E-state index in [0.717, 1.165) is 43.0 Å². The molecule has 0 bridgehead atoms. The highest BCUT2D eigenvalue weighted by Crippen LogP contribution is 2.33. The van der Waals surface area contributed by atoms with Gasteiger partial charge in [0.25, 0.3) is 0 Å². The van der Waals surface area contributed by atoms with Crippen LogP contribution in [0.2, 0.25) is 0 Å². The Bertz CT molecular complexity index is 922. The van der Waals surface area contributed by atoms with Gasteiger partial charge >= 0.3 is 0 Å². The standard InChI is InChI=1S/C23H25N3O2/c1-27-21-9-8-19(14-22(21)28-2)20-15-24-16-23(25-20)26-12-10-18(11-13-26)17-6-4-3-5-7-17/h3-9,14-16,18H,10-13H2,1-2H3. The van der Waals surface area contributed by atoms with Crippen LogP contribution in [0.5, 0.6) is 11.5 Å². The van der Waals surface area contributed by atoms with Crippen molar-refractivity contribution in [3.63, 3.8) is 0 Å². The van der Waals surface area contributed by atoms with E-state index in [1.807, 2.05) is 24.4 Å². The number of anilines is 1. The SMILES string of the molecule is COc1ccc(-c2cncc(N3CCC(c4ccccc4)CC3)n2)cc1OC. The summed E-state index contributed by atoms with van der Waals surface area (Å²) in [5.74, 6) is 2.95. The van der Waals surface area contributed by atoms with E-state index in [-0.39, 0.29) is 0 Å². The Labute approximate surface area is 166 Å². The molecule has 0 atom stereocenters. The lowest BCUT2D eigenvalue weighted by molar-refractivity contribution is 0.355. The van der Waals surface area contributed by atoms with Crippen molar-refractivity contribution in [2.24, 2.45) is 0 Å². The fourth-order valence-corrected chi connectivity index (χ4v) is 3.81. The first-order valence-corrected chi connectivity index (χ1v) is 9.63. The van der Waals surface area contributed by atoms with Gasteiger partial charge < -0.3 is 14.4 Å². The van der Waals surface area contributed by atoms with Gasteiger partial charge in [-0.1, -0.05) is 30.3 Å². The maximum atomic E-state index is 5.42. The van der Waals surface area contributed by atoms with E-state index in [1.165, 1.54) is 5.56 Å². The first kappa shape index (κ1) is 18.3. The molecule has 0 unspecified atom stereocenters. The van der Waals surface area contributed by atoms with Crippen LogP contribution >= 0.6 is 0 Å². The summed E-state index contributed by atoms with van der Waals surface area (Å²) in [4.78, 5) is 11.6. The van der Waals surface area contributed by atoms with Crippen LogP contribution in [0, 0.1) is 0 Å². The molecule has 2 aromatic carbocycles. The highest BCUT2D eigenvalue weighted by molar-refractivity contribution is 5.64. The summed E-state index contributed by atoms with van der Waals surface area (Å²) in [7, 11) is 3.28. The molecular formula is C23H25N3O2. The molecule has 1 fully saturated rings. The molecule has 28 heavy (non-hydrogen) atoms. The molecule has 0 spiro atoms. The van der Waals surface area contributed by atoms with Crippen molar-refractivity contribution in [1.29, 1.82) is 0 Å². The molecule has 0 amide bonds. The predicted molar refractivity (Wildman–Crippen MR) is 111 cm³/mol. The first-order valence-electron chi connectivity index (χ1n) is 9.63. The number of benzene rings is 2. The average molecular weight is 375 g/mol. The Kier molecular flexibility index (Phi) is 5.42. The van der Waals surface area contributed by atoms with E-state index in [1.54, 1.807) is 20.4 Å². The van der Waals surface area contributed by atoms with Gasteiger partial charge in [-0.05, 0) is 42.5 Å². The van der Waals surface area contributed by atoms with Crippen molar-refractivity contribution in [3.05, 3.63) is 66.5 Å². The molecule has 3 aromatic rings. The minimum atomic E-state index is 0.624. The number of methoxy groups -OCH3 is 2. The molecule has 0 N–H and O–H groups in total. The number of piperidine rings is 1. The third kappa shape index (κ3) is 3.79. The molecule has 0 aliphatic carbocycles. The summed E-state index contributed by atoms with van der Waals surface area (Å²) in [5, 5.41) is 0. The second-order valence-electron chi connectivity index (χ2n) is 7.00.